The van der Waals surface area contributed by atoms with Crippen LogP contribution in [0.15, 0.2) is 82.8 Å². The van der Waals surface area contributed by atoms with Crippen LogP contribution < -0.4 is 14.5 Å². The Labute approximate surface area is 194 Å². The molecule has 3 rings (SSSR count). The number of hydrogen-bond acceptors (Lipinski definition) is 5. The number of sulfonamides is 1. The highest BCUT2D eigenvalue weighted by atomic mass is 32.2. The Hall–Kier alpha value is -3.65. The summed E-state index contributed by atoms with van der Waals surface area (Å²) in [7, 11) is -2.38. The van der Waals surface area contributed by atoms with Crippen LogP contribution in [0.4, 0.5) is 5.69 Å². The second-order valence-corrected chi connectivity index (χ2v) is 9.42. The Balaban J connectivity index is 1.86. The van der Waals surface area contributed by atoms with Crippen LogP contribution in [-0.4, -0.2) is 33.7 Å². The Kier molecular flexibility index (Phi) is 7.50. The summed E-state index contributed by atoms with van der Waals surface area (Å²) in [6, 6.07) is 20.6. The molecule has 1 amide bonds. The molecule has 0 aliphatic heterocycles. The van der Waals surface area contributed by atoms with E-state index in [1.54, 1.807) is 56.5 Å². The summed E-state index contributed by atoms with van der Waals surface area (Å²) in [6.45, 7) is 5.18. The van der Waals surface area contributed by atoms with Gasteiger partial charge in [0.1, 0.15) is 12.3 Å². The smallest absolute Gasteiger partial charge is 0.264 e. The summed E-state index contributed by atoms with van der Waals surface area (Å²) in [5.41, 5.74) is 6.22. The fraction of sp³-hybridized carbons (Fsp3) is 0.200. The van der Waals surface area contributed by atoms with Crippen molar-refractivity contribution in [3.05, 3.63) is 89.5 Å². The molecular formula is C25H27N3O4S. The van der Waals surface area contributed by atoms with Crippen LogP contribution in [0.3, 0.4) is 0 Å². The first-order valence-corrected chi connectivity index (χ1v) is 11.8. The van der Waals surface area contributed by atoms with Crippen molar-refractivity contribution in [2.24, 2.45) is 5.10 Å². The molecule has 0 fully saturated rings. The standard InChI is InChI=1S/C25H27N3O4S/c1-18-10-13-22(16-19(18)2)28(33(30,31)24-8-6-5-7-9-24)17-25(29)27-26-20(3)21-11-14-23(32-4)15-12-21/h5-16H,17H2,1-4H3,(H,27,29)/b26-20-. The third-order valence-electron chi connectivity index (χ3n) is 5.25. The zero-order chi connectivity index (χ0) is 24.0. The van der Waals surface area contributed by atoms with Crippen molar-refractivity contribution in [2.75, 3.05) is 18.0 Å². The lowest BCUT2D eigenvalue weighted by Gasteiger charge is -2.24. The number of benzene rings is 3. The zero-order valence-corrected chi connectivity index (χ0v) is 19.9. The van der Waals surface area contributed by atoms with E-state index >= 15 is 0 Å². The highest BCUT2D eigenvalue weighted by Crippen LogP contribution is 2.25. The van der Waals surface area contributed by atoms with Gasteiger partial charge in [0.2, 0.25) is 0 Å². The van der Waals surface area contributed by atoms with E-state index in [1.165, 1.54) is 12.1 Å². The Morgan fingerprint density at radius 1 is 0.970 bits per heavy atom. The number of methoxy groups -OCH3 is 1. The van der Waals surface area contributed by atoms with E-state index < -0.39 is 22.5 Å². The molecule has 0 spiro atoms. The number of aryl methyl sites for hydroxylation is 2. The van der Waals surface area contributed by atoms with Crippen LogP contribution in [0.5, 0.6) is 5.75 Å². The van der Waals surface area contributed by atoms with Gasteiger partial charge in [0.25, 0.3) is 15.9 Å². The lowest BCUT2D eigenvalue weighted by atomic mass is 10.1. The summed E-state index contributed by atoms with van der Waals surface area (Å²) in [5, 5.41) is 4.14. The third-order valence-corrected chi connectivity index (χ3v) is 7.04. The molecule has 3 aromatic rings. The molecule has 0 aliphatic rings. The van der Waals surface area contributed by atoms with Gasteiger partial charge in [0.15, 0.2) is 0 Å². The molecule has 33 heavy (non-hydrogen) atoms. The van der Waals surface area contributed by atoms with Gasteiger partial charge in [-0.2, -0.15) is 5.10 Å². The molecule has 1 N–H and O–H groups in total. The van der Waals surface area contributed by atoms with Gasteiger partial charge in [-0.3, -0.25) is 9.10 Å². The summed E-state index contributed by atoms with van der Waals surface area (Å²) in [5.74, 6) is 0.159. The number of rotatable bonds is 8. The topological polar surface area (TPSA) is 88.1 Å². The second-order valence-electron chi connectivity index (χ2n) is 7.55. The number of carbonyl (C=O) groups is 1. The largest absolute Gasteiger partial charge is 0.497 e. The summed E-state index contributed by atoms with van der Waals surface area (Å²) in [4.78, 5) is 12.9. The second kappa shape index (κ2) is 10.3. The fourth-order valence-electron chi connectivity index (χ4n) is 3.12. The van der Waals surface area contributed by atoms with E-state index in [-0.39, 0.29) is 4.90 Å². The van der Waals surface area contributed by atoms with Crippen LogP contribution in [0.25, 0.3) is 0 Å². The average molecular weight is 466 g/mol. The highest BCUT2D eigenvalue weighted by Gasteiger charge is 2.27. The zero-order valence-electron chi connectivity index (χ0n) is 19.1. The number of amides is 1. The molecule has 8 heteroatoms. The minimum atomic E-state index is -3.97. The molecule has 0 saturated heterocycles. The SMILES string of the molecule is COc1ccc(/C(C)=N\NC(=O)CN(c2ccc(C)c(C)c2)S(=O)(=O)c2ccccc2)cc1. The molecular weight excluding hydrogens is 438 g/mol. The molecule has 0 atom stereocenters. The van der Waals surface area contributed by atoms with Crippen LogP contribution in [0.1, 0.15) is 23.6 Å². The van der Waals surface area contributed by atoms with Crippen molar-refractivity contribution in [1.29, 1.82) is 0 Å². The lowest BCUT2D eigenvalue weighted by Crippen LogP contribution is -2.39. The molecule has 7 nitrogen and oxygen atoms in total. The number of anilines is 1. The minimum Gasteiger partial charge on any atom is -0.497 e. The number of hydrazone groups is 1. The molecule has 3 aromatic carbocycles. The van der Waals surface area contributed by atoms with E-state index in [2.05, 4.69) is 10.5 Å². The van der Waals surface area contributed by atoms with Gasteiger partial charge in [-0.05, 0) is 86.0 Å². The number of nitrogens with one attached hydrogen (secondary N) is 1. The number of carbonyl (C=O) groups excluding carboxylic acids is 1. The molecule has 0 radical (unpaired) electrons. The van der Waals surface area contributed by atoms with Gasteiger partial charge >= 0.3 is 0 Å². The normalized spacial score (nSPS) is 11.7. The predicted molar refractivity (Wildman–Crippen MR) is 130 cm³/mol. The Morgan fingerprint density at radius 3 is 2.24 bits per heavy atom. The van der Waals surface area contributed by atoms with Gasteiger partial charge < -0.3 is 4.74 Å². The average Bonchev–Trinajstić information content (AvgIpc) is 2.83. The van der Waals surface area contributed by atoms with E-state index in [0.29, 0.717) is 17.1 Å². The maximum absolute atomic E-state index is 13.4. The van der Waals surface area contributed by atoms with Gasteiger partial charge in [-0.25, -0.2) is 13.8 Å². The molecule has 0 heterocycles. The minimum absolute atomic E-state index is 0.106. The van der Waals surface area contributed by atoms with Gasteiger partial charge in [0, 0.05) is 0 Å². The number of ether oxygens (including phenoxy) is 1. The quantitative estimate of drug-likeness (QED) is 0.402. The molecule has 0 aliphatic carbocycles. The van der Waals surface area contributed by atoms with Gasteiger partial charge in [0.05, 0.1) is 23.4 Å². The van der Waals surface area contributed by atoms with Crippen molar-refractivity contribution in [2.45, 2.75) is 25.7 Å². The van der Waals surface area contributed by atoms with Crippen molar-refractivity contribution in [3.63, 3.8) is 0 Å². The summed E-state index contributed by atoms with van der Waals surface area (Å²) in [6.07, 6.45) is 0. The molecule has 0 unspecified atom stereocenters. The molecule has 172 valence electrons. The maximum atomic E-state index is 13.4. The first kappa shape index (κ1) is 24.0. The fourth-order valence-corrected chi connectivity index (χ4v) is 4.56. The third kappa shape index (κ3) is 5.78. The Morgan fingerprint density at radius 2 is 1.64 bits per heavy atom. The first-order valence-electron chi connectivity index (χ1n) is 10.3. The molecule has 0 aromatic heterocycles. The van der Waals surface area contributed by atoms with Crippen molar-refractivity contribution in [1.82, 2.24) is 5.43 Å². The number of hydrogen-bond donors (Lipinski definition) is 1. The van der Waals surface area contributed by atoms with Crippen LogP contribution in [0, 0.1) is 13.8 Å². The molecule has 0 saturated carbocycles. The van der Waals surface area contributed by atoms with Crippen LogP contribution >= 0.6 is 0 Å². The molecule has 0 bridgehead atoms. The highest BCUT2D eigenvalue weighted by molar-refractivity contribution is 7.92. The van der Waals surface area contributed by atoms with Crippen LogP contribution in [-0.2, 0) is 14.8 Å². The maximum Gasteiger partial charge on any atom is 0.264 e. The van der Waals surface area contributed by atoms with Crippen molar-refractivity contribution >= 4 is 27.3 Å². The lowest BCUT2D eigenvalue weighted by molar-refractivity contribution is -0.119. The van der Waals surface area contributed by atoms with E-state index in [1.807, 2.05) is 32.0 Å². The van der Waals surface area contributed by atoms with E-state index in [0.717, 1.165) is 21.0 Å². The number of nitrogens with zero attached hydrogens (tertiary/aromatic N) is 2. The van der Waals surface area contributed by atoms with Gasteiger partial charge in [-0.15, -0.1) is 0 Å². The van der Waals surface area contributed by atoms with Crippen LogP contribution in [0.2, 0.25) is 0 Å². The van der Waals surface area contributed by atoms with Gasteiger partial charge in [-0.1, -0.05) is 24.3 Å². The van der Waals surface area contributed by atoms with E-state index in [4.69, 9.17) is 4.74 Å². The monoisotopic (exact) mass is 465 g/mol. The summed E-state index contributed by atoms with van der Waals surface area (Å²) < 4.78 is 33.0. The van der Waals surface area contributed by atoms with Crippen molar-refractivity contribution in [3.8, 4) is 5.75 Å². The summed E-state index contributed by atoms with van der Waals surface area (Å²) >= 11 is 0. The first-order chi connectivity index (χ1) is 15.7. The van der Waals surface area contributed by atoms with E-state index in [9.17, 15) is 13.2 Å². The Bertz CT molecular complexity index is 1250. The van der Waals surface area contributed by atoms with Crippen molar-refractivity contribution < 1.29 is 17.9 Å². The predicted octanol–water partition coefficient (Wildman–Crippen LogP) is 4.05.